The summed E-state index contributed by atoms with van der Waals surface area (Å²) in [5.74, 6) is -0.0481. The number of amides is 1. The molecule has 6 rings (SSSR count). The summed E-state index contributed by atoms with van der Waals surface area (Å²) in [5.41, 5.74) is 4.48. The van der Waals surface area contributed by atoms with Gasteiger partial charge in [-0.25, -0.2) is 19.3 Å². The molecule has 1 saturated heterocycles. The van der Waals surface area contributed by atoms with Gasteiger partial charge in [0.15, 0.2) is 5.69 Å². The minimum atomic E-state index is -0.421. The summed E-state index contributed by atoms with van der Waals surface area (Å²) in [6.45, 7) is 4.02. The second-order valence-corrected chi connectivity index (χ2v) is 10.2. The Labute approximate surface area is 220 Å². The van der Waals surface area contributed by atoms with E-state index in [2.05, 4.69) is 38.3 Å². The average Bonchev–Trinajstić information content (AvgIpc) is 3.61. The van der Waals surface area contributed by atoms with Gasteiger partial charge >= 0.3 is 0 Å². The van der Waals surface area contributed by atoms with E-state index in [4.69, 9.17) is 4.42 Å². The summed E-state index contributed by atoms with van der Waals surface area (Å²) >= 11 is 0. The molecule has 38 heavy (non-hydrogen) atoms. The Bertz CT molecular complexity index is 1500. The van der Waals surface area contributed by atoms with Crippen LogP contribution in [0.1, 0.15) is 55.2 Å². The van der Waals surface area contributed by atoms with Crippen molar-refractivity contribution >= 4 is 17.3 Å². The number of nitrogens with zero attached hydrogens (tertiary/aromatic N) is 5. The van der Waals surface area contributed by atoms with E-state index >= 15 is 0 Å². The molecule has 194 valence electrons. The smallest absolute Gasteiger partial charge is 0.278 e. The molecule has 1 amide bonds. The van der Waals surface area contributed by atoms with Crippen molar-refractivity contribution < 1.29 is 13.6 Å². The first kappa shape index (κ1) is 24.2. The van der Waals surface area contributed by atoms with Gasteiger partial charge in [0.1, 0.15) is 29.3 Å². The van der Waals surface area contributed by atoms with Gasteiger partial charge in [-0.1, -0.05) is 6.08 Å². The first-order valence-electron chi connectivity index (χ1n) is 12.9. The van der Waals surface area contributed by atoms with Crippen molar-refractivity contribution in [3.05, 3.63) is 78.3 Å². The number of pyridine rings is 1. The zero-order chi connectivity index (χ0) is 26.4. The second-order valence-electron chi connectivity index (χ2n) is 10.2. The molecular weight excluding hydrogens is 483 g/mol. The first-order valence-corrected chi connectivity index (χ1v) is 12.9. The second kappa shape index (κ2) is 9.64. The quantitative estimate of drug-likeness (QED) is 0.350. The normalized spacial score (nSPS) is 19.1. The minimum Gasteiger partial charge on any atom is -0.442 e. The SMILES string of the molecule is CC(C)n1cnc(-c2ccc(F)cc2)c1-c1nc(C(=O)Nc2ccc(C3=CC4CCC(C3)N4C)cn2)co1. The lowest BCUT2D eigenvalue weighted by atomic mass is 9.96. The molecule has 2 aliphatic heterocycles. The van der Waals surface area contributed by atoms with Crippen LogP contribution in [-0.4, -0.2) is 49.5 Å². The third-order valence-electron chi connectivity index (χ3n) is 7.53. The van der Waals surface area contributed by atoms with Crippen LogP contribution in [0.2, 0.25) is 0 Å². The molecule has 2 bridgehead atoms. The Kier molecular flexibility index (Phi) is 6.15. The molecule has 2 atom stereocenters. The summed E-state index contributed by atoms with van der Waals surface area (Å²) < 4.78 is 21.1. The Morgan fingerprint density at radius 3 is 2.61 bits per heavy atom. The highest BCUT2D eigenvalue weighted by Gasteiger charge is 2.34. The van der Waals surface area contributed by atoms with E-state index in [1.807, 2.05) is 36.7 Å². The monoisotopic (exact) mass is 512 g/mol. The number of halogens is 1. The van der Waals surface area contributed by atoms with Crippen molar-refractivity contribution in [1.29, 1.82) is 0 Å². The van der Waals surface area contributed by atoms with E-state index in [0.29, 0.717) is 29.3 Å². The van der Waals surface area contributed by atoms with E-state index in [-0.39, 0.29) is 23.4 Å². The van der Waals surface area contributed by atoms with Gasteiger partial charge in [-0.15, -0.1) is 0 Å². The van der Waals surface area contributed by atoms with E-state index in [1.165, 1.54) is 36.8 Å². The van der Waals surface area contributed by atoms with Crippen molar-refractivity contribution in [2.75, 3.05) is 12.4 Å². The molecule has 0 radical (unpaired) electrons. The number of benzene rings is 1. The lowest BCUT2D eigenvalue weighted by Gasteiger charge is -2.30. The van der Waals surface area contributed by atoms with E-state index in [9.17, 15) is 9.18 Å². The Balaban J connectivity index is 1.21. The molecule has 3 aromatic heterocycles. The number of oxazole rings is 1. The average molecular weight is 513 g/mol. The van der Waals surface area contributed by atoms with Crippen molar-refractivity contribution in [3.8, 4) is 22.8 Å². The molecule has 2 aliphatic rings. The zero-order valence-corrected chi connectivity index (χ0v) is 21.6. The molecule has 1 N–H and O–H groups in total. The highest BCUT2D eigenvalue weighted by Crippen LogP contribution is 2.37. The van der Waals surface area contributed by atoms with Crippen LogP contribution < -0.4 is 5.32 Å². The number of imidazole rings is 1. The number of anilines is 1. The largest absolute Gasteiger partial charge is 0.442 e. The van der Waals surface area contributed by atoms with Crippen LogP contribution in [0.3, 0.4) is 0 Å². The standard InChI is InChI=1S/C29H29FN6O2/c1-17(2)36-16-32-26(18-4-7-21(30)8-5-18)27(36)29-33-24(15-38-29)28(37)34-25-11-6-19(14-31-25)20-12-22-9-10-23(13-20)35(22)3/h4-8,11-12,14-17,22-23H,9-10,13H2,1-3H3,(H,31,34,37). The molecule has 0 spiro atoms. The molecule has 1 aromatic carbocycles. The molecule has 8 nitrogen and oxygen atoms in total. The maximum atomic E-state index is 13.5. The summed E-state index contributed by atoms with van der Waals surface area (Å²) in [6, 6.07) is 11.1. The van der Waals surface area contributed by atoms with Crippen LogP contribution in [0, 0.1) is 5.82 Å². The minimum absolute atomic E-state index is 0.0634. The third-order valence-corrected chi connectivity index (χ3v) is 7.53. The fourth-order valence-electron chi connectivity index (χ4n) is 5.36. The van der Waals surface area contributed by atoms with Crippen molar-refractivity contribution in [1.82, 2.24) is 24.4 Å². The summed E-state index contributed by atoms with van der Waals surface area (Å²) in [5, 5.41) is 2.81. The van der Waals surface area contributed by atoms with Crippen LogP contribution in [0.4, 0.5) is 10.2 Å². The van der Waals surface area contributed by atoms with Gasteiger partial charge in [0.25, 0.3) is 5.91 Å². The number of rotatable bonds is 6. The number of likely N-dealkylation sites (N-methyl/N-ethyl adjacent to an activating group) is 1. The van der Waals surface area contributed by atoms with Gasteiger partial charge in [0, 0.05) is 29.9 Å². The lowest BCUT2D eigenvalue weighted by molar-refractivity contribution is 0.102. The Morgan fingerprint density at radius 2 is 1.89 bits per heavy atom. The number of hydrogen-bond acceptors (Lipinski definition) is 6. The Morgan fingerprint density at radius 1 is 1.11 bits per heavy atom. The van der Waals surface area contributed by atoms with Crippen LogP contribution in [0.5, 0.6) is 0 Å². The maximum absolute atomic E-state index is 13.5. The van der Waals surface area contributed by atoms with E-state index in [0.717, 1.165) is 17.5 Å². The van der Waals surface area contributed by atoms with Gasteiger partial charge < -0.3 is 14.3 Å². The topological polar surface area (TPSA) is 89.1 Å². The Hall–Kier alpha value is -4.11. The summed E-state index contributed by atoms with van der Waals surface area (Å²) in [4.78, 5) is 28.9. The molecule has 4 aromatic rings. The fourth-order valence-corrected chi connectivity index (χ4v) is 5.36. The summed E-state index contributed by atoms with van der Waals surface area (Å²) in [7, 11) is 2.20. The van der Waals surface area contributed by atoms with Crippen molar-refractivity contribution in [2.24, 2.45) is 0 Å². The molecule has 9 heteroatoms. The maximum Gasteiger partial charge on any atom is 0.278 e. The van der Waals surface area contributed by atoms with Crippen LogP contribution in [0.25, 0.3) is 28.4 Å². The molecule has 5 heterocycles. The molecule has 2 unspecified atom stereocenters. The van der Waals surface area contributed by atoms with Gasteiger partial charge in [0.2, 0.25) is 5.89 Å². The number of fused-ring (bicyclic) bond motifs is 2. The van der Waals surface area contributed by atoms with E-state index < -0.39 is 5.91 Å². The first-order chi connectivity index (χ1) is 18.4. The predicted octanol–water partition coefficient (Wildman–Crippen LogP) is 5.82. The number of carbonyl (C=O) groups is 1. The highest BCUT2D eigenvalue weighted by molar-refractivity contribution is 6.02. The molecule has 0 saturated carbocycles. The van der Waals surface area contributed by atoms with Crippen molar-refractivity contribution in [2.45, 2.75) is 51.2 Å². The zero-order valence-electron chi connectivity index (χ0n) is 21.6. The molecule has 1 fully saturated rings. The molecule has 0 aliphatic carbocycles. The van der Waals surface area contributed by atoms with Crippen LogP contribution >= 0.6 is 0 Å². The summed E-state index contributed by atoms with van der Waals surface area (Å²) in [6.07, 6.45) is 10.6. The van der Waals surface area contributed by atoms with Gasteiger partial charge in [-0.2, -0.15) is 0 Å². The third kappa shape index (κ3) is 4.43. The van der Waals surface area contributed by atoms with Gasteiger partial charge in [-0.05, 0) is 87.7 Å². The van der Waals surface area contributed by atoms with E-state index in [1.54, 1.807) is 18.5 Å². The fraction of sp³-hybridized carbons (Fsp3) is 0.310. The number of carbonyl (C=O) groups excluding carboxylic acids is 1. The predicted molar refractivity (Wildman–Crippen MR) is 143 cm³/mol. The lowest BCUT2D eigenvalue weighted by Crippen LogP contribution is -2.34. The number of hydrogen-bond donors (Lipinski definition) is 1. The van der Waals surface area contributed by atoms with Crippen LogP contribution in [0.15, 0.2) is 65.7 Å². The molecular formula is C29H29FN6O2. The van der Waals surface area contributed by atoms with Crippen molar-refractivity contribution in [3.63, 3.8) is 0 Å². The number of nitrogens with one attached hydrogen (secondary N) is 1. The number of aromatic nitrogens is 4. The van der Waals surface area contributed by atoms with Gasteiger partial charge in [-0.3, -0.25) is 9.69 Å². The van der Waals surface area contributed by atoms with Gasteiger partial charge in [0.05, 0.1) is 6.33 Å². The van der Waals surface area contributed by atoms with Crippen LogP contribution in [-0.2, 0) is 0 Å². The highest BCUT2D eigenvalue weighted by atomic mass is 19.1.